The van der Waals surface area contributed by atoms with Gasteiger partial charge in [-0.25, -0.2) is 0 Å². The van der Waals surface area contributed by atoms with E-state index in [1.807, 2.05) is 6.92 Å². The smallest absolute Gasteiger partial charge is 0.310 e. The summed E-state index contributed by atoms with van der Waals surface area (Å²) in [5.74, 6) is 0.932. The maximum atomic E-state index is 11.9. The lowest BCUT2D eigenvalue weighted by Gasteiger charge is -2.31. The SMILES string of the molecule is CCCCCCOc1ccc(CN2CCCC(C(=O)OCC)C2)cc1. The molecular formula is C21H33NO3. The van der Waals surface area contributed by atoms with Gasteiger partial charge in [-0.05, 0) is 50.4 Å². The molecule has 0 amide bonds. The van der Waals surface area contributed by atoms with E-state index in [0.717, 1.165) is 51.3 Å². The number of piperidine rings is 1. The Morgan fingerprint density at radius 2 is 1.96 bits per heavy atom. The van der Waals surface area contributed by atoms with E-state index in [0.29, 0.717) is 6.61 Å². The fourth-order valence-electron chi connectivity index (χ4n) is 3.32. The van der Waals surface area contributed by atoms with E-state index in [-0.39, 0.29) is 11.9 Å². The standard InChI is InChI=1S/C21H33NO3/c1-3-5-6-7-15-25-20-12-10-18(11-13-20)16-22-14-8-9-19(17-22)21(23)24-4-2/h10-13,19H,3-9,14-17H2,1-2H3. The third-order valence-corrected chi connectivity index (χ3v) is 4.72. The summed E-state index contributed by atoms with van der Waals surface area (Å²) in [6, 6.07) is 8.38. The number of ether oxygens (including phenoxy) is 2. The second kappa shape index (κ2) is 11.1. The zero-order chi connectivity index (χ0) is 17.9. The highest BCUT2D eigenvalue weighted by atomic mass is 16.5. The van der Waals surface area contributed by atoms with E-state index < -0.39 is 0 Å². The molecule has 1 fully saturated rings. The Balaban J connectivity index is 1.75. The summed E-state index contributed by atoms with van der Waals surface area (Å²) in [6.45, 7) is 8.08. The monoisotopic (exact) mass is 347 g/mol. The maximum Gasteiger partial charge on any atom is 0.310 e. The van der Waals surface area contributed by atoms with Crippen LogP contribution >= 0.6 is 0 Å². The molecular weight excluding hydrogens is 314 g/mol. The molecule has 1 aromatic rings. The van der Waals surface area contributed by atoms with Crippen LogP contribution in [0.5, 0.6) is 5.75 Å². The van der Waals surface area contributed by atoms with Crippen molar-refractivity contribution in [2.24, 2.45) is 5.92 Å². The summed E-state index contributed by atoms with van der Waals surface area (Å²) < 4.78 is 11.0. The van der Waals surface area contributed by atoms with Gasteiger partial charge in [0.25, 0.3) is 0 Å². The molecule has 0 aromatic heterocycles. The molecule has 2 rings (SSSR count). The fraction of sp³-hybridized carbons (Fsp3) is 0.667. The van der Waals surface area contributed by atoms with Crippen LogP contribution in [-0.2, 0) is 16.1 Å². The minimum absolute atomic E-state index is 0.0272. The number of rotatable bonds is 10. The first-order chi connectivity index (χ1) is 12.2. The van der Waals surface area contributed by atoms with Crippen LogP contribution < -0.4 is 4.74 Å². The first-order valence-corrected chi connectivity index (χ1v) is 9.83. The molecule has 140 valence electrons. The van der Waals surface area contributed by atoms with Gasteiger partial charge in [-0.1, -0.05) is 38.3 Å². The van der Waals surface area contributed by atoms with Gasteiger partial charge in [0.15, 0.2) is 0 Å². The summed E-state index contributed by atoms with van der Waals surface area (Å²) in [5, 5.41) is 0. The number of nitrogens with zero attached hydrogens (tertiary/aromatic N) is 1. The number of hydrogen-bond donors (Lipinski definition) is 0. The van der Waals surface area contributed by atoms with E-state index in [2.05, 4.69) is 36.1 Å². The normalized spacial score (nSPS) is 18.1. The number of unbranched alkanes of at least 4 members (excludes halogenated alkanes) is 3. The van der Waals surface area contributed by atoms with Gasteiger partial charge in [0.1, 0.15) is 5.75 Å². The summed E-state index contributed by atoms with van der Waals surface area (Å²) in [5.41, 5.74) is 1.27. The lowest BCUT2D eigenvalue weighted by atomic mass is 9.98. The van der Waals surface area contributed by atoms with Gasteiger partial charge in [0.05, 0.1) is 19.1 Å². The van der Waals surface area contributed by atoms with E-state index in [1.165, 1.54) is 24.8 Å². The molecule has 1 heterocycles. The van der Waals surface area contributed by atoms with Crippen LogP contribution in [0.2, 0.25) is 0 Å². The molecule has 1 aromatic carbocycles. The van der Waals surface area contributed by atoms with Gasteiger partial charge < -0.3 is 9.47 Å². The molecule has 0 saturated carbocycles. The molecule has 0 aliphatic carbocycles. The van der Waals surface area contributed by atoms with Crippen LogP contribution in [0.15, 0.2) is 24.3 Å². The van der Waals surface area contributed by atoms with Crippen molar-refractivity contribution in [1.29, 1.82) is 0 Å². The highest BCUT2D eigenvalue weighted by molar-refractivity contribution is 5.72. The molecule has 0 N–H and O–H groups in total. The van der Waals surface area contributed by atoms with Crippen molar-refractivity contribution in [3.05, 3.63) is 29.8 Å². The van der Waals surface area contributed by atoms with Crippen molar-refractivity contribution < 1.29 is 14.3 Å². The fourth-order valence-corrected chi connectivity index (χ4v) is 3.32. The van der Waals surface area contributed by atoms with Gasteiger partial charge in [-0.15, -0.1) is 0 Å². The average molecular weight is 347 g/mol. The van der Waals surface area contributed by atoms with Gasteiger partial charge in [0, 0.05) is 13.1 Å². The summed E-state index contributed by atoms with van der Waals surface area (Å²) >= 11 is 0. The van der Waals surface area contributed by atoms with E-state index in [4.69, 9.17) is 9.47 Å². The summed E-state index contributed by atoms with van der Waals surface area (Å²) in [7, 11) is 0. The molecule has 0 radical (unpaired) electrons. The number of carbonyl (C=O) groups is 1. The lowest BCUT2D eigenvalue weighted by molar-refractivity contribution is -0.150. The molecule has 1 aliphatic rings. The topological polar surface area (TPSA) is 38.8 Å². The summed E-state index contributed by atoms with van der Waals surface area (Å²) in [6.07, 6.45) is 6.90. The Kier molecular flexibility index (Phi) is 8.81. The van der Waals surface area contributed by atoms with Crippen molar-refractivity contribution >= 4 is 5.97 Å². The molecule has 4 heteroatoms. The van der Waals surface area contributed by atoms with Gasteiger partial charge in [-0.3, -0.25) is 9.69 Å². The molecule has 25 heavy (non-hydrogen) atoms. The van der Waals surface area contributed by atoms with Crippen molar-refractivity contribution in [3.63, 3.8) is 0 Å². The van der Waals surface area contributed by atoms with Crippen LogP contribution in [0.1, 0.15) is 57.9 Å². The predicted molar refractivity (Wildman–Crippen MR) is 101 cm³/mol. The summed E-state index contributed by atoms with van der Waals surface area (Å²) in [4.78, 5) is 14.3. The number of benzene rings is 1. The molecule has 1 atom stereocenters. The van der Waals surface area contributed by atoms with Crippen molar-refractivity contribution in [3.8, 4) is 5.75 Å². The highest BCUT2D eigenvalue weighted by Gasteiger charge is 2.26. The maximum absolute atomic E-state index is 11.9. The third-order valence-electron chi connectivity index (χ3n) is 4.72. The zero-order valence-electron chi connectivity index (χ0n) is 15.8. The minimum Gasteiger partial charge on any atom is -0.494 e. The Hall–Kier alpha value is -1.55. The van der Waals surface area contributed by atoms with E-state index in [1.54, 1.807) is 0 Å². The second-order valence-corrected chi connectivity index (χ2v) is 6.88. The Morgan fingerprint density at radius 3 is 2.68 bits per heavy atom. The highest BCUT2D eigenvalue weighted by Crippen LogP contribution is 2.21. The third kappa shape index (κ3) is 7.07. The van der Waals surface area contributed by atoms with Crippen LogP contribution in [0.25, 0.3) is 0 Å². The number of esters is 1. The van der Waals surface area contributed by atoms with Crippen LogP contribution in [0, 0.1) is 5.92 Å². The average Bonchev–Trinajstić information content (AvgIpc) is 2.63. The zero-order valence-corrected chi connectivity index (χ0v) is 15.8. The van der Waals surface area contributed by atoms with E-state index in [9.17, 15) is 4.79 Å². The molecule has 1 unspecified atom stereocenters. The van der Waals surface area contributed by atoms with Crippen molar-refractivity contribution in [2.75, 3.05) is 26.3 Å². The first kappa shape index (κ1) is 19.8. The van der Waals surface area contributed by atoms with Crippen molar-refractivity contribution in [2.45, 2.75) is 58.9 Å². The van der Waals surface area contributed by atoms with Crippen LogP contribution in [0.4, 0.5) is 0 Å². The van der Waals surface area contributed by atoms with Crippen LogP contribution in [0.3, 0.4) is 0 Å². The Labute approximate surface area is 152 Å². The Morgan fingerprint density at radius 1 is 1.16 bits per heavy atom. The van der Waals surface area contributed by atoms with Gasteiger partial charge in [0.2, 0.25) is 0 Å². The first-order valence-electron chi connectivity index (χ1n) is 9.83. The number of carbonyl (C=O) groups excluding carboxylic acids is 1. The second-order valence-electron chi connectivity index (χ2n) is 6.88. The van der Waals surface area contributed by atoms with E-state index >= 15 is 0 Å². The van der Waals surface area contributed by atoms with Gasteiger partial charge >= 0.3 is 5.97 Å². The molecule has 4 nitrogen and oxygen atoms in total. The minimum atomic E-state index is -0.0426. The van der Waals surface area contributed by atoms with Crippen molar-refractivity contribution in [1.82, 2.24) is 4.90 Å². The molecule has 0 spiro atoms. The molecule has 1 saturated heterocycles. The number of likely N-dealkylation sites (tertiary alicyclic amines) is 1. The molecule has 0 bridgehead atoms. The van der Waals surface area contributed by atoms with Gasteiger partial charge in [-0.2, -0.15) is 0 Å². The van der Waals surface area contributed by atoms with Crippen LogP contribution in [-0.4, -0.2) is 37.2 Å². The quantitative estimate of drug-likeness (QED) is 0.464. The molecule has 1 aliphatic heterocycles. The predicted octanol–water partition coefficient (Wildman–Crippen LogP) is 4.42. The Bertz CT molecular complexity index is 500. The number of hydrogen-bond acceptors (Lipinski definition) is 4. The lowest BCUT2D eigenvalue weighted by Crippen LogP contribution is -2.38. The largest absolute Gasteiger partial charge is 0.494 e.